The molecule has 0 aliphatic heterocycles. The van der Waals surface area contributed by atoms with Crippen LogP contribution in [0.5, 0.6) is 17.2 Å². The predicted octanol–water partition coefficient (Wildman–Crippen LogP) is 1.04. The molecule has 1 rings (SSSR count). The van der Waals surface area contributed by atoms with E-state index in [9.17, 15) is 8.42 Å². The summed E-state index contributed by atoms with van der Waals surface area (Å²) in [5.41, 5.74) is 0. The van der Waals surface area contributed by atoms with Crippen molar-refractivity contribution in [2.45, 2.75) is 0 Å². The first-order chi connectivity index (χ1) is 6.96. The summed E-state index contributed by atoms with van der Waals surface area (Å²) in [5.74, 6) is 0.940. The highest BCUT2D eigenvalue weighted by atomic mass is 32.2. The smallest absolute Gasteiger partial charge is 0.306 e. The van der Waals surface area contributed by atoms with Crippen LogP contribution in [0.1, 0.15) is 0 Å². The summed E-state index contributed by atoms with van der Waals surface area (Å²) in [7, 11) is -0.665. The molecule has 0 unspecified atom stereocenters. The zero-order valence-electron chi connectivity index (χ0n) is 8.68. The summed E-state index contributed by atoms with van der Waals surface area (Å²) in [6, 6.07) is 4.66. The third-order valence-electron chi connectivity index (χ3n) is 1.61. The molecule has 15 heavy (non-hydrogen) atoms. The Balaban J connectivity index is 3.12. The van der Waals surface area contributed by atoms with Crippen molar-refractivity contribution in [3.8, 4) is 17.2 Å². The fourth-order valence-corrected chi connectivity index (χ4v) is 1.47. The van der Waals surface area contributed by atoms with E-state index in [1.807, 2.05) is 0 Å². The molecule has 0 atom stereocenters. The lowest BCUT2D eigenvalue weighted by Gasteiger charge is -2.09. The summed E-state index contributed by atoms with van der Waals surface area (Å²) < 4.78 is 36.5. The number of benzene rings is 1. The number of methoxy groups -OCH3 is 2. The molecule has 0 N–H and O–H groups in total. The molecular weight excluding hydrogens is 220 g/mol. The van der Waals surface area contributed by atoms with Crippen LogP contribution in [-0.4, -0.2) is 28.9 Å². The second-order valence-corrected chi connectivity index (χ2v) is 4.38. The number of hydrogen-bond donors (Lipinski definition) is 0. The van der Waals surface area contributed by atoms with Crippen LogP contribution in [0.3, 0.4) is 0 Å². The van der Waals surface area contributed by atoms with Gasteiger partial charge in [0.15, 0.2) is 11.5 Å². The minimum Gasteiger partial charge on any atom is -0.497 e. The van der Waals surface area contributed by atoms with Crippen molar-refractivity contribution < 1.29 is 22.1 Å². The molecule has 84 valence electrons. The highest BCUT2D eigenvalue weighted by Crippen LogP contribution is 2.31. The maximum atomic E-state index is 10.9. The second kappa shape index (κ2) is 4.39. The van der Waals surface area contributed by atoms with Gasteiger partial charge in [0.25, 0.3) is 0 Å². The third-order valence-corrected chi connectivity index (χ3v) is 2.09. The van der Waals surface area contributed by atoms with Crippen LogP contribution >= 0.6 is 0 Å². The molecule has 0 amide bonds. The van der Waals surface area contributed by atoms with Crippen molar-refractivity contribution in [2.24, 2.45) is 0 Å². The maximum absolute atomic E-state index is 10.9. The van der Waals surface area contributed by atoms with E-state index < -0.39 is 10.1 Å². The lowest BCUT2D eigenvalue weighted by Crippen LogP contribution is -2.06. The van der Waals surface area contributed by atoms with Gasteiger partial charge in [-0.25, -0.2) is 0 Å². The lowest BCUT2D eigenvalue weighted by molar-refractivity contribution is 0.383. The van der Waals surface area contributed by atoms with Gasteiger partial charge in [-0.1, -0.05) is 0 Å². The first kappa shape index (κ1) is 11.6. The summed E-state index contributed by atoms with van der Waals surface area (Å²) in [6.45, 7) is 0. The van der Waals surface area contributed by atoms with Crippen LogP contribution in [0.4, 0.5) is 0 Å². The van der Waals surface area contributed by atoms with Gasteiger partial charge in [-0.15, -0.1) is 0 Å². The summed E-state index contributed by atoms with van der Waals surface area (Å²) >= 11 is 0. The molecule has 0 aliphatic carbocycles. The lowest BCUT2D eigenvalue weighted by atomic mass is 10.3. The Labute approximate surface area is 88.7 Å². The van der Waals surface area contributed by atoms with Gasteiger partial charge in [-0.05, 0) is 12.1 Å². The average Bonchev–Trinajstić information content (AvgIpc) is 2.15. The minimum atomic E-state index is -3.57. The largest absolute Gasteiger partial charge is 0.497 e. The van der Waals surface area contributed by atoms with E-state index in [1.54, 1.807) is 12.1 Å². The highest BCUT2D eigenvalue weighted by Gasteiger charge is 2.11. The van der Waals surface area contributed by atoms with E-state index in [1.165, 1.54) is 20.3 Å². The normalized spacial score (nSPS) is 10.9. The van der Waals surface area contributed by atoms with Crippen molar-refractivity contribution in [2.75, 3.05) is 20.5 Å². The van der Waals surface area contributed by atoms with Crippen molar-refractivity contribution in [3.05, 3.63) is 18.2 Å². The molecule has 0 radical (unpaired) electrons. The van der Waals surface area contributed by atoms with Crippen LogP contribution in [0.2, 0.25) is 0 Å². The summed E-state index contributed by atoms with van der Waals surface area (Å²) in [4.78, 5) is 0. The quantitative estimate of drug-likeness (QED) is 0.726. The summed E-state index contributed by atoms with van der Waals surface area (Å²) in [6.07, 6.45) is 0.964. The first-order valence-electron chi connectivity index (χ1n) is 4.08. The summed E-state index contributed by atoms with van der Waals surface area (Å²) in [5, 5.41) is 0. The molecule has 6 heteroatoms. The van der Waals surface area contributed by atoms with Crippen LogP contribution in [-0.2, 0) is 10.1 Å². The standard InChI is InChI=1S/C9H12O5S/c1-12-7-4-5-8(13-2)9(6-7)14-15(3,10)11/h4-6H,1-3H3. The Morgan fingerprint density at radius 3 is 2.20 bits per heavy atom. The van der Waals surface area contributed by atoms with Crippen molar-refractivity contribution >= 4 is 10.1 Å². The molecule has 0 fully saturated rings. The van der Waals surface area contributed by atoms with Gasteiger partial charge in [0.05, 0.1) is 20.5 Å². The third kappa shape index (κ3) is 3.32. The van der Waals surface area contributed by atoms with Crippen LogP contribution in [0, 0.1) is 0 Å². The predicted molar refractivity (Wildman–Crippen MR) is 55.0 cm³/mol. The van der Waals surface area contributed by atoms with Crippen LogP contribution in [0.25, 0.3) is 0 Å². The van der Waals surface area contributed by atoms with Crippen LogP contribution < -0.4 is 13.7 Å². The van der Waals surface area contributed by atoms with Gasteiger partial charge in [-0.3, -0.25) is 0 Å². The fourth-order valence-electron chi connectivity index (χ4n) is 1.01. The fraction of sp³-hybridized carbons (Fsp3) is 0.333. The van der Waals surface area contributed by atoms with Gasteiger partial charge in [-0.2, -0.15) is 8.42 Å². The second-order valence-electron chi connectivity index (χ2n) is 2.80. The molecule has 5 nitrogen and oxygen atoms in total. The molecule has 0 saturated heterocycles. The van der Waals surface area contributed by atoms with Gasteiger partial charge < -0.3 is 13.7 Å². The van der Waals surface area contributed by atoms with E-state index in [4.69, 9.17) is 13.7 Å². The van der Waals surface area contributed by atoms with E-state index in [0.717, 1.165) is 6.26 Å². The van der Waals surface area contributed by atoms with E-state index >= 15 is 0 Å². The average molecular weight is 232 g/mol. The zero-order valence-corrected chi connectivity index (χ0v) is 9.50. The Morgan fingerprint density at radius 1 is 1.07 bits per heavy atom. The molecule has 0 bridgehead atoms. The monoisotopic (exact) mass is 232 g/mol. The maximum Gasteiger partial charge on any atom is 0.306 e. The van der Waals surface area contributed by atoms with E-state index in [-0.39, 0.29) is 5.75 Å². The minimum absolute atomic E-state index is 0.111. The van der Waals surface area contributed by atoms with Crippen molar-refractivity contribution in [1.29, 1.82) is 0 Å². The molecule has 0 aromatic heterocycles. The SMILES string of the molecule is COc1ccc(OC)c(OS(C)(=O)=O)c1. The molecule has 0 aliphatic rings. The molecule has 0 saturated carbocycles. The van der Waals surface area contributed by atoms with E-state index in [0.29, 0.717) is 11.5 Å². The number of hydrogen-bond acceptors (Lipinski definition) is 5. The Hall–Kier alpha value is -1.43. The zero-order chi connectivity index (χ0) is 11.5. The Morgan fingerprint density at radius 2 is 1.73 bits per heavy atom. The van der Waals surface area contributed by atoms with Crippen molar-refractivity contribution in [3.63, 3.8) is 0 Å². The van der Waals surface area contributed by atoms with Crippen LogP contribution in [0.15, 0.2) is 18.2 Å². The van der Waals surface area contributed by atoms with Gasteiger partial charge in [0, 0.05) is 6.07 Å². The van der Waals surface area contributed by atoms with Gasteiger partial charge in [0.1, 0.15) is 5.75 Å². The highest BCUT2D eigenvalue weighted by molar-refractivity contribution is 7.86. The number of ether oxygens (including phenoxy) is 2. The first-order valence-corrected chi connectivity index (χ1v) is 5.89. The van der Waals surface area contributed by atoms with Gasteiger partial charge in [0.2, 0.25) is 0 Å². The Kier molecular flexibility index (Phi) is 3.41. The molecular formula is C9H12O5S. The molecule has 0 spiro atoms. The van der Waals surface area contributed by atoms with E-state index in [2.05, 4.69) is 0 Å². The molecule has 1 aromatic carbocycles. The molecule has 1 aromatic rings. The van der Waals surface area contributed by atoms with Crippen molar-refractivity contribution in [1.82, 2.24) is 0 Å². The van der Waals surface area contributed by atoms with Gasteiger partial charge >= 0.3 is 10.1 Å². The Bertz CT molecular complexity index is 438. The number of rotatable bonds is 4. The topological polar surface area (TPSA) is 61.8 Å². The molecule has 0 heterocycles.